The van der Waals surface area contributed by atoms with Crippen molar-refractivity contribution >= 4 is 5.91 Å². The number of hydrogen-bond donors (Lipinski definition) is 2. The largest absolute Gasteiger partial charge is 0.381 e. The van der Waals surface area contributed by atoms with Gasteiger partial charge in [0.05, 0.1) is 6.54 Å². The van der Waals surface area contributed by atoms with Gasteiger partial charge in [-0.1, -0.05) is 0 Å². The average Bonchev–Trinajstić information content (AvgIpc) is 2.30. The molecule has 0 aromatic carbocycles. The molecule has 2 heterocycles. The van der Waals surface area contributed by atoms with Crippen molar-refractivity contribution in [2.24, 2.45) is 0 Å². The standard InChI is InChI=1S/C12H23N3O2/c1-10-8-15(5-4-13-10)9-12(16)14-11-2-6-17-7-3-11/h10-11,13H,2-9H2,1H3,(H,14,16)/t10-/m0/s1. The Morgan fingerprint density at radius 3 is 2.94 bits per heavy atom. The SMILES string of the molecule is C[C@H]1CN(CC(=O)NC2CCOCC2)CCN1. The van der Waals surface area contributed by atoms with Crippen molar-refractivity contribution in [2.75, 3.05) is 39.4 Å². The van der Waals surface area contributed by atoms with Crippen molar-refractivity contribution in [1.82, 2.24) is 15.5 Å². The van der Waals surface area contributed by atoms with Gasteiger partial charge >= 0.3 is 0 Å². The molecular weight excluding hydrogens is 218 g/mol. The summed E-state index contributed by atoms with van der Waals surface area (Å²) in [5, 5.41) is 6.48. The van der Waals surface area contributed by atoms with E-state index in [9.17, 15) is 4.79 Å². The van der Waals surface area contributed by atoms with Gasteiger partial charge in [-0.25, -0.2) is 0 Å². The highest BCUT2D eigenvalue weighted by atomic mass is 16.5. The molecule has 98 valence electrons. The lowest BCUT2D eigenvalue weighted by atomic mass is 10.1. The molecular formula is C12H23N3O2. The predicted molar refractivity (Wildman–Crippen MR) is 65.9 cm³/mol. The normalized spacial score (nSPS) is 27.9. The van der Waals surface area contributed by atoms with Crippen molar-refractivity contribution in [3.63, 3.8) is 0 Å². The molecule has 0 saturated carbocycles. The third-order valence-corrected chi connectivity index (χ3v) is 3.41. The van der Waals surface area contributed by atoms with Crippen LogP contribution in [0, 0.1) is 0 Å². The van der Waals surface area contributed by atoms with Crippen molar-refractivity contribution in [1.29, 1.82) is 0 Å². The highest BCUT2D eigenvalue weighted by molar-refractivity contribution is 5.78. The average molecular weight is 241 g/mol. The predicted octanol–water partition coefficient (Wildman–Crippen LogP) is -0.425. The lowest BCUT2D eigenvalue weighted by Gasteiger charge is -2.32. The van der Waals surface area contributed by atoms with Gasteiger partial charge in [-0.15, -0.1) is 0 Å². The van der Waals surface area contributed by atoms with E-state index in [4.69, 9.17) is 4.74 Å². The van der Waals surface area contributed by atoms with Crippen LogP contribution < -0.4 is 10.6 Å². The second-order valence-corrected chi connectivity index (χ2v) is 5.04. The van der Waals surface area contributed by atoms with E-state index < -0.39 is 0 Å². The van der Waals surface area contributed by atoms with E-state index >= 15 is 0 Å². The van der Waals surface area contributed by atoms with Gasteiger partial charge in [0, 0.05) is 44.9 Å². The van der Waals surface area contributed by atoms with Crippen LogP contribution in [-0.2, 0) is 9.53 Å². The Morgan fingerprint density at radius 2 is 2.24 bits per heavy atom. The quantitative estimate of drug-likeness (QED) is 0.704. The van der Waals surface area contributed by atoms with Crippen LogP contribution in [-0.4, -0.2) is 62.3 Å². The molecule has 0 aromatic rings. The van der Waals surface area contributed by atoms with Crippen molar-refractivity contribution in [3.8, 4) is 0 Å². The third-order valence-electron chi connectivity index (χ3n) is 3.41. The van der Waals surface area contributed by atoms with Gasteiger partial charge in [0.15, 0.2) is 0 Å². The molecule has 2 aliphatic rings. The monoisotopic (exact) mass is 241 g/mol. The van der Waals surface area contributed by atoms with E-state index in [-0.39, 0.29) is 5.91 Å². The Kier molecular flexibility index (Phi) is 4.76. The van der Waals surface area contributed by atoms with E-state index in [0.717, 1.165) is 45.7 Å². The van der Waals surface area contributed by atoms with E-state index in [1.165, 1.54) is 0 Å². The minimum Gasteiger partial charge on any atom is -0.381 e. The minimum absolute atomic E-state index is 0.158. The Morgan fingerprint density at radius 1 is 1.47 bits per heavy atom. The highest BCUT2D eigenvalue weighted by Gasteiger charge is 2.20. The second kappa shape index (κ2) is 6.33. The van der Waals surface area contributed by atoms with E-state index in [0.29, 0.717) is 18.6 Å². The summed E-state index contributed by atoms with van der Waals surface area (Å²) in [4.78, 5) is 14.1. The van der Waals surface area contributed by atoms with Gasteiger partial charge in [-0.2, -0.15) is 0 Å². The molecule has 2 aliphatic heterocycles. The maximum Gasteiger partial charge on any atom is 0.234 e. The van der Waals surface area contributed by atoms with E-state index in [2.05, 4.69) is 22.5 Å². The van der Waals surface area contributed by atoms with Crippen molar-refractivity contribution in [2.45, 2.75) is 31.8 Å². The summed E-state index contributed by atoms with van der Waals surface area (Å²) in [5.41, 5.74) is 0. The molecule has 1 atom stereocenters. The first-order chi connectivity index (χ1) is 8.24. The van der Waals surface area contributed by atoms with E-state index in [1.54, 1.807) is 0 Å². The van der Waals surface area contributed by atoms with Crippen LogP contribution in [0.5, 0.6) is 0 Å². The van der Waals surface area contributed by atoms with Gasteiger partial charge in [0.25, 0.3) is 0 Å². The number of ether oxygens (including phenoxy) is 1. The Labute approximate surface area is 103 Å². The molecule has 2 rings (SSSR count). The molecule has 2 fully saturated rings. The first-order valence-corrected chi connectivity index (χ1v) is 6.57. The lowest BCUT2D eigenvalue weighted by molar-refractivity contribution is -0.123. The molecule has 1 amide bonds. The van der Waals surface area contributed by atoms with Crippen LogP contribution >= 0.6 is 0 Å². The summed E-state index contributed by atoms with van der Waals surface area (Å²) >= 11 is 0. The molecule has 2 N–H and O–H groups in total. The van der Waals surface area contributed by atoms with Crippen LogP contribution in [0.4, 0.5) is 0 Å². The van der Waals surface area contributed by atoms with Crippen molar-refractivity contribution in [3.05, 3.63) is 0 Å². The van der Waals surface area contributed by atoms with Gasteiger partial charge in [0.1, 0.15) is 0 Å². The number of nitrogens with zero attached hydrogens (tertiary/aromatic N) is 1. The smallest absolute Gasteiger partial charge is 0.234 e. The molecule has 0 radical (unpaired) electrons. The topological polar surface area (TPSA) is 53.6 Å². The zero-order valence-corrected chi connectivity index (χ0v) is 10.6. The molecule has 0 unspecified atom stereocenters. The fourth-order valence-electron chi connectivity index (χ4n) is 2.47. The first-order valence-electron chi connectivity index (χ1n) is 6.57. The highest BCUT2D eigenvalue weighted by Crippen LogP contribution is 2.06. The molecule has 5 nitrogen and oxygen atoms in total. The summed E-state index contributed by atoms with van der Waals surface area (Å²) in [7, 11) is 0. The minimum atomic E-state index is 0.158. The Balaban J connectivity index is 1.68. The molecule has 0 aromatic heterocycles. The molecule has 0 bridgehead atoms. The Hall–Kier alpha value is -0.650. The maximum atomic E-state index is 11.9. The molecule has 0 aliphatic carbocycles. The molecule has 2 saturated heterocycles. The number of amides is 1. The number of nitrogens with one attached hydrogen (secondary N) is 2. The number of hydrogen-bond acceptors (Lipinski definition) is 4. The van der Waals surface area contributed by atoms with Gasteiger partial charge in [0.2, 0.25) is 5.91 Å². The van der Waals surface area contributed by atoms with Crippen LogP contribution in [0.1, 0.15) is 19.8 Å². The summed E-state index contributed by atoms with van der Waals surface area (Å²) < 4.78 is 5.28. The van der Waals surface area contributed by atoms with E-state index in [1.807, 2.05) is 0 Å². The number of carbonyl (C=O) groups excluding carboxylic acids is 1. The summed E-state index contributed by atoms with van der Waals surface area (Å²) in [5.74, 6) is 0.158. The molecule has 5 heteroatoms. The van der Waals surface area contributed by atoms with Gasteiger partial charge < -0.3 is 15.4 Å². The fourth-order valence-corrected chi connectivity index (χ4v) is 2.47. The number of piperazine rings is 1. The second-order valence-electron chi connectivity index (χ2n) is 5.04. The third kappa shape index (κ3) is 4.26. The molecule has 0 spiro atoms. The maximum absolute atomic E-state index is 11.9. The summed E-state index contributed by atoms with van der Waals surface area (Å²) in [6, 6.07) is 0.802. The first kappa shape index (κ1) is 12.8. The number of carbonyl (C=O) groups is 1. The van der Waals surface area contributed by atoms with Crippen LogP contribution in [0.2, 0.25) is 0 Å². The van der Waals surface area contributed by atoms with Crippen molar-refractivity contribution < 1.29 is 9.53 Å². The summed E-state index contributed by atoms with van der Waals surface area (Å²) in [6.45, 7) is 7.13. The zero-order valence-electron chi connectivity index (χ0n) is 10.6. The van der Waals surface area contributed by atoms with Crippen LogP contribution in [0.25, 0.3) is 0 Å². The summed E-state index contributed by atoms with van der Waals surface area (Å²) in [6.07, 6.45) is 1.90. The van der Waals surface area contributed by atoms with Crippen LogP contribution in [0.15, 0.2) is 0 Å². The zero-order chi connectivity index (χ0) is 12.1. The fraction of sp³-hybridized carbons (Fsp3) is 0.917. The Bertz CT molecular complexity index is 254. The lowest BCUT2D eigenvalue weighted by Crippen LogP contribution is -2.52. The van der Waals surface area contributed by atoms with Gasteiger partial charge in [-0.05, 0) is 19.8 Å². The number of rotatable bonds is 3. The molecule has 17 heavy (non-hydrogen) atoms. The van der Waals surface area contributed by atoms with Crippen LogP contribution in [0.3, 0.4) is 0 Å². The van der Waals surface area contributed by atoms with Gasteiger partial charge in [-0.3, -0.25) is 9.69 Å².